The Balaban J connectivity index is 1.32. The summed E-state index contributed by atoms with van der Waals surface area (Å²) >= 11 is 0. The molecular formula is C41H42O6. The van der Waals surface area contributed by atoms with Gasteiger partial charge in [-0.15, -0.1) is 0 Å². The van der Waals surface area contributed by atoms with E-state index in [0.717, 1.165) is 33.6 Å². The van der Waals surface area contributed by atoms with Gasteiger partial charge >= 0.3 is 0 Å². The molecule has 6 heteroatoms. The van der Waals surface area contributed by atoms with E-state index in [4.69, 9.17) is 28.4 Å². The molecule has 6 rings (SSSR count). The monoisotopic (exact) mass is 630 g/mol. The first-order valence-corrected chi connectivity index (χ1v) is 16.2. The van der Waals surface area contributed by atoms with E-state index in [1.165, 1.54) is 0 Å². The predicted molar refractivity (Wildman–Crippen MR) is 182 cm³/mol. The Bertz CT molecular complexity index is 1600. The first-order valence-electron chi connectivity index (χ1n) is 16.2. The number of hydrogen-bond acceptors (Lipinski definition) is 6. The van der Waals surface area contributed by atoms with Crippen molar-refractivity contribution >= 4 is 0 Å². The second-order valence-corrected chi connectivity index (χ2v) is 11.7. The van der Waals surface area contributed by atoms with E-state index in [-0.39, 0.29) is 6.61 Å². The van der Waals surface area contributed by atoms with Gasteiger partial charge in [0.25, 0.3) is 0 Å². The minimum absolute atomic E-state index is 0.276. The van der Waals surface area contributed by atoms with Crippen LogP contribution in [0.5, 0.6) is 5.75 Å². The zero-order chi connectivity index (χ0) is 32.1. The third-order valence-corrected chi connectivity index (χ3v) is 8.18. The Morgan fingerprint density at radius 2 is 0.894 bits per heavy atom. The van der Waals surface area contributed by atoms with Crippen LogP contribution in [0.4, 0.5) is 0 Å². The Morgan fingerprint density at radius 3 is 1.40 bits per heavy atom. The van der Waals surface area contributed by atoms with Crippen LogP contribution in [0.15, 0.2) is 146 Å². The summed E-state index contributed by atoms with van der Waals surface area (Å²) in [5, 5.41) is 0. The molecule has 1 aliphatic heterocycles. The summed E-state index contributed by atoms with van der Waals surface area (Å²) in [5.74, 6) is 0.722. The van der Waals surface area contributed by atoms with Crippen molar-refractivity contribution in [1.82, 2.24) is 0 Å². The van der Waals surface area contributed by atoms with Crippen LogP contribution in [0, 0.1) is 6.92 Å². The summed E-state index contributed by atoms with van der Waals surface area (Å²) in [5.41, 5.74) is 5.23. The lowest BCUT2D eigenvalue weighted by Crippen LogP contribution is -2.62. The van der Waals surface area contributed by atoms with Crippen molar-refractivity contribution in [1.29, 1.82) is 0 Å². The van der Waals surface area contributed by atoms with Crippen LogP contribution < -0.4 is 4.74 Å². The Hall–Kier alpha value is -4.30. The van der Waals surface area contributed by atoms with Crippen molar-refractivity contribution < 1.29 is 28.4 Å². The molecule has 0 bridgehead atoms. The number of para-hydroxylation sites is 1. The maximum atomic E-state index is 6.80. The third kappa shape index (κ3) is 9.38. The van der Waals surface area contributed by atoms with E-state index >= 15 is 0 Å². The van der Waals surface area contributed by atoms with Gasteiger partial charge in [0.2, 0.25) is 6.29 Å². The topological polar surface area (TPSA) is 55.4 Å². The predicted octanol–water partition coefficient (Wildman–Crippen LogP) is 8.07. The highest BCUT2D eigenvalue weighted by molar-refractivity contribution is 5.32. The van der Waals surface area contributed by atoms with Gasteiger partial charge in [0.15, 0.2) is 0 Å². The van der Waals surface area contributed by atoms with E-state index in [9.17, 15) is 0 Å². The normalized spacial score (nSPS) is 20.9. The lowest BCUT2D eigenvalue weighted by Gasteiger charge is -2.45. The van der Waals surface area contributed by atoms with E-state index < -0.39 is 30.7 Å². The van der Waals surface area contributed by atoms with Crippen LogP contribution >= 0.6 is 0 Å². The number of hydrogen-bond donors (Lipinski definition) is 0. The van der Waals surface area contributed by atoms with Gasteiger partial charge in [-0.2, -0.15) is 0 Å². The molecule has 6 nitrogen and oxygen atoms in total. The van der Waals surface area contributed by atoms with Gasteiger partial charge in [-0.1, -0.05) is 140 Å². The van der Waals surface area contributed by atoms with Crippen LogP contribution in [0.3, 0.4) is 0 Å². The summed E-state index contributed by atoms with van der Waals surface area (Å²) in [4.78, 5) is 0. The molecule has 1 heterocycles. The smallest absolute Gasteiger partial charge is 0.229 e. The van der Waals surface area contributed by atoms with Crippen molar-refractivity contribution in [2.24, 2.45) is 0 Å². The highest BCUT2D eigenvalue weighted by atomic mass is 16.7. The molecule has 5 atom stereocenters. The van der Waals surface area contributed by atoms with Gasteiger partial charge in [0.1, 0.15) is 30.2 Å². The lowest BCUT2D eigenvalue weighted by molar-refractivity contribution is -0.310. The highest BCUT2D eigenvalue weighted by Crippen LogP contribution is 2.33. The van der Waals surface area contributed by atoms with E-state index in [1.807, 2.05) is 116 Å². The summed E-state index contributed by atoms with van der Waals surface area (Å²) < 4.78 is 39.9. The molecule has 1 saturated heterocycles. The summed E-state index contributed by atoms with van der Waals surface area (Å²) in [6.45, 7) is 3.85. The zero-order valence-corrected chi connectivity index (χ0v) is 26.7. The fourth-order valence-electron chi connectivity index (χ4n) is 5.66. The van der Waals surface area contributed by atoms with Crippen LogP contribution in [0.2, 0.25) is 0 Å². The highest BCUT2D eigenvalue weighted by Gasteiger charge is 2.50. The molecule has 47 heavy (non-hydrogen) atoms. The molecule has 0 amide bonds. The number of aryl methyl sites for hydroxylation is 1. The molecule has 0 saturated carbocycles. The average molecular weight is 631 g/mol. The molecule has 5 aromatic rings. The summed E-state index contributed by atoms with van der Waals surface area (Å²) in [6.07, 6.45) is -2.98. The van der Waals surface area contributed by atoms with Crippen molar-refractivity contribution in [3.05, 3.63) is 173 Å². The van der Waals surface area contributed by atoms with E-state index in [0.29, 0.717) is 26.4 Å². The standard InChI is InChI=1S/C41H42O6/c1-31-16-14-15-25-36(31)46-41-40(45-29-35-23-12-5-13-24-35)39(44-28-34-21-10-4-11-22-34)38(43-27-33-19-8-3-9-20-33)37(47-41)30-42-26-32-17-6-2-7-18-32/h2-25,37-41H,26-30H2,1H3/t37?,38-,39?,40?,41+/m0/s1. The van der Waals surface area contributed by atoms with Crippen molar-refractivity contribution in [3.63, 3.8) is 0 Å². The van der Waals surface area contributed by atoms with Crippen molar-refractivity contribution in [2.45, 2.75) is 64.1 Å². The maximum Gasteiger partial charge on any atom is 0.229 e. The molecule has 3 unspecified atom stereocenters. The third-order valence-electron chi connectivity index (χ3n) is 8.18. The minimum Gasteiger partial charge on any atom is -0.462 e. The van der Waals surface area contributed by atoms with Gasteiger partial charge < -0.3 is 28.4 Å². The summed E-state index contributed by atoms with van der Waals surface area (Å²) in [6, 6.07) is 48.4. The van der Waals surface area contributed by atoms with E-state index in [2.05, 4.69) is 36.4 Å². The van der Waals surface area contributed by atoms with Crippen molar-refractivity contribution in [3.8, 4) is 5.75 Å². The Kier molecular flexibility index (Phi) is 11.8. The maximum absolute atomic E-state index is 6.80. The van der Waals surface area contributed by atoms with Crippen molar-refractivity contribution in [2.75, 3.05) is 6.61 Å². The number of benzene rings is 5. The Morgan fingerprint density at radius 1 is 0.468 bits per heavy atom. The Labute approximate surface area is 277 Å². The molecular weight excluding hydrogens is 588 g/mol. The van der Waals surface area contributed by atoms with Gasteiger partial charge in [-0.25, -0.2) is 0 Å². The van der Waals surface area contributed by atoms with Gasteiger partial charge in [-0.05, 0) is 40.8 Å². The molecule has 0 aliphatic carbocycles. The molecule has 1 fully saturated rings. The zero-order valence-electron chi connectivity index (χ0n) is 26.7. The molecule has 1 aliphatic rings. The first kappa shape index (κ1) is 32.6. The quantitative estimate of drug-likeness (QED) is 0.117. The minimum atomic E-state index is -0.789. The number of ether oxygens (including phenoxy) is 6. The molecule has 0 radical (unpaired) electrons. The van der Waals surface area contributed by atoms with Crippen LogP contribution in [0.25, 0.3) is 0 Å². The molecule has 0 N–H and O–H groups in total. The van der Waals surface area contributed by atoms with Crippen LogP contribution in [0.1, 0.15) is 27.8 Å². The van der Waals surface area contributed by atoms with E-state index in [1.54, 1.807) is 0 Å². The summed E-state index contributed by atoms with van der Waals surface area (Å²) in [7, 11) is 0. The molecule has 5 aromatic carbocycles. The van der Waals surface area contributed by atoms with Gasteiger partial charge in [0, 0.05) is 0 Å². The fourth-order valence-corrected chi connectivity index (χ4v) is 5.66. The molecule has 242 valence electrons. The SMILES string of the molecule is Cc1ccccc1O[C@@H]1OC(COCc2ccccc2)[C@H](OCc2ccccc2)C(OCc2ccccc2)C1OCc1ccccc1. The average Bonchev–Trinajstić information content (AvgIpc) is 3.12. The van der Waals surface area contributed by atoms with Crippen LogP contribution in [-0.4, -0.2) is 37.3 Å². The number of rotatable bonds is 15. The van der Waals surface area contributed by atoms with Gasteiger partial charge in [-0.3, -0.25) is 0 Å². The van der Waals surface area contributed by atoms with Crippen LogP contribution in [-0.2, 0) is 50.1 Å². The second-order valence-electron chi connectivity index (χ2n) is 11.7. The molecule has 0 aromatic heterocycles. The largest absolute Gasteiger partial charge is 0.462 e. The second kappa shape index (κ2) is 17.0. The fraction of sp³-hybridized carbons (Fsp3) is 0.268. The first-order chi connectivity index (χ1) is 23.2. The lowest BCUT2D eigenvalue weighted by atomic mass is 9.97. The van der Waals surface area contributed by atoms with Gasteiger partial charge in [0.05, 0.1) is 33.0 Å². The molecule has 0 spiro atoms.